The Balaban J connectivity index is 1.88. The minimum absolute atomic E-state index is 0.0236. The van der Waals surface area contributed by atoms with Crippen molar-refractivity contribution < 1.29 is 13.2 Å². The number of carbonyl (C=O) groups excluding carboxylic acids is 1. The predicted octanol–water partition coefficient (Wildman–Crippen LogP) is 3.68. The van der Waals surface area contributed by atoms with E-state index in [1.165, 1.54) is 4.31 Å². The van der Waals surface area contributed by atoms with Gasteiger partial charge in [0.2, 0.25) is 10.0 Å². The van der Waals surface area contributed by atoms with Crippen molar-refractivity contribution in [2.75, 3.05) is 13.1 Å². The van der Waals surface area contributed by atoms with Crippen LogP contribution in [0.2, 0.25) is 0 Å². The van der Waals surface area contributed by atoms with Gasteiger partial charge < -0.3 is 0 Å². The largest absolute Gasteiger partial charge is 0.294 e. The van der Waals surface area contributed by atoms with Crippen LogP contribution in [0.1, 0.15) is 24.5 Å². The second-order valence-corrected chi connectivity index (χ2v) is 8.71. The van der Waals surface area contributed by atoms with Crippen LogP contribution in [0.4, 0.5) is 0 Å². The Morgan fingerprint density at radius 1 is 1.04 bits per heavy atom. The summed E-state index contributed by atoms with van der Waals surface area (Å²) in [5.41, 5.74) is 2.65. The molecule has 2 aromatic rings. The molecule has 0 bridgehead atoms. The second-order valence-electron chi connectivity index (χ2n) is 6.77. The maximum Gasteiger partial charge on any atom is 0.243 e. The lowest BCUT2D eigenvalue weighted by atomic mass is 9.97. The van der Waals surface area contributed by atoms with Crippen LogP contribution >= 0.6 is 0 Å². The second kappa shape index (κ2) is 7.56. The maximum absolute atomic E-state index is 13.0. The Hall–Kier alpha value is -2.24. The van der Waals surface area contributed by atoms with Crippen LogP contribution in [0.15, 0.2) is 65.1 Å². The van der Waals surface area contributed by atoms with E-state index >= 15 is 0 Å². The van der Waals surface area contributed by atoms with Crippen molar-refractivity contribution in [3.05, 3.63) is 71.3 Å². The van der Waals surface area contributed by atoms with Gasteiger partial charge in [-0.3, -0.25) is 4.79 Å². The van der Waals surface area contributed by atoms with Crippen molar-refractivity contribution in [3.8, 4) is 0 Å². The highest BCUT2D eigenvalue weighted by Gasteiger charge is 2.32. The number of hydrogen-bond acceptors (Lipinski definition) is 3. The molecular weight excluding hydrogens is 346 g/mol. The molecule has 1 heterocycles. The number of sulfonamides is 1. The third kappa shape index (κ3) is 3.94. The molecule has 0 spiro atoms. The van der Waals surface area contributed by atoms with E-state index in [0.717, 1.165) is 11.1 Å². The van der Waals surface area contributed by atoms with Crippen LogP contribution in [0.3, 0.4) is 0 Å². The van der Waals surface area contributed by atoms with Gasteiger partial charge in [-0.15, -0.1) is 0 Å². The molecule has 0 aliphatic carbocycles. The fourth-order valence-corrected chi connectivity index (χ4v) is 4.67. The molecule has 2 aromatic carbocycles. The number of nitrogens with zero attached hydrogens (tertiary/aromatic N) is 1. The summed E-state index contributed by atoms with van der Waals surface area (Å²) in [7, 11) is -3.60. The SMILES string of the molecule is Cc1ccc(S(=O)(=O)N2CC/C(=C\c3ccccc3)C(=O)[C@H](C)C2)cc1. The zero-order valence-corrected chi connectivity index (χ0v) is 15.9. The number of carbonyl (C=O) groups is 1. The molecule has 0 amide bonds. The van der Waals surface area contributed by atoms with E-state index in [-0.39, 0.29) is 23.1 Å². The van der Waals surface area contributed by atoms with E-state index in [9.17, 15) is 13.2 Å². The molecule has 0 N–H and O–H groups in total. The molecular formula is C21H23NO3S. The molecule has 26 heavy (non-hydrogen) atoms. The highest BCUT2D eigenvalue weighted by atomic mass is 32.2. The summed E-state index contributed by atoms with van der Waals surface area (Å²) in [6, 6.07) is 16.5. The molecule has 0 unspecified atom stereocenters. The van der Waals surface area contributed by atoms with Gasteiger partial charge >= 0.3 is 0 Å². The van der Waals surface area contributed by atoms with Crippen molar-refractivity contribution in [2.45, 2.75) is 25.2 Å². The minimum atomic E-state index is -3.60. The first-order valence-electron chi connectivity index (χ1n) is 8.74. The van der Waals surface area contributed by atoms with Crippen LogP contribution in [0, 0.1) is 12.8 Å². The van der Waals surface area contributed by atoms with E-state index in [1.807, 2.05) is 43.3 Å². The summed E-state index contributed by atoms with van der Waals surface area (Å²) in [5, 5.41) is 0. The molecule has 1 aliphatic rings. The number of benzene rings is 2. The van der Waals surface area contributed by atoms with Crippen molar-refractivity contribution in [1.29, 1.82) is 0 Å². The molecule has 5 heteroatoms. The van der Waals surface area contributed by atoms with Crippen molar-refractivity contribution in [2.24, 2.45) is 5.92 Å². The highest BCUT2D eigenvalue weighted by molar-refractivity contribution is 7.89. The molecule has 4 nitrogen and oxygen atoms in total. The first-order chi connectivity index (χ1) is 12.4. The summed E-state index contributed by atoms with van der Waals surface area (Å²) in [4.78, 5) is 13.0. The summed E-state index contributed by atoms with van der Waals surface area (Å²) in [5.74, 6) is -0.344. The quantitative estimate of drug-likeness (QED) is 0.776. The average Bonchev–Trinajstić information content (AvgIpc) is 2.77. The fourth-order valence-electron chi connectivity index (χ4n) is 3.14. The number of hydrogen-bond donors (Lipinski definition) is 0. The van der Waals surface area contributed by atoms with Gasteiger partial charge in [-0.2, -0.15) is 4.31 Å². The van der Waals surface area contributed by atoms with Gasteiger partial charge in [0, 0.05) is 19.0 Å². The van der Waals surface area contributed by atoms with Gasteiger partial charge in [-0.25, -0.2) is 8.42 Å². The van der Waals surface area contributed by atoms with Gasteiger partial charge in [-0.05, 0) is 42.7 Å². The normalized spacial score (nSPS) is 20.9. The van der Waals surface area contributed by atoms with E-state index in [1.54, 1.807) is 31.2 Å². The van der Waals surface area contributed by atoms with E-state index in [2.05, 4.69) is 0 Å². The molecule has 1 aliphatic heterocycles. The third-order valence-corrected chi connectivity index (χ3v) is 6.55. The lowest BCUT2D eigenvalue weighted by Crippen LogP contribution is -2.35. The monoisotopic (exact) mass is 369 g/mol. The topological polar surface area (TPSA) is 54.5 Å². The Morgan fingerprint density at radius 2 is 1.69 bits per heavy atom. The van der Waals surface area contributed by atoms with Crippen molar-refractivity contribution >= 4 is 21.9 Å². The van der Waals surface area contributed by atoms with Crippen molar-refractivity contribution in [1.82, 2.24) is 4.31 Å². The molecule has 0 aromatic heterocycles. The molecule has 1 atom stereocenters. The Bertz CT molecular complexity index is 915. The lowest BCUT2D eigenvalue weighted by molar-refractivity contribution is -0.118. The summed E-state index contributed by atoms with van der Waals surface area (Å²) in [6.07, 6.45) is 2.30. The molecule has 3 rings (SSSR count). The van der Waals surface area contributed by atoms with Crippen LogP contribution < -0.4 is 0 Å². The Labute approximate surface area is 155 Å². The van der Waals surface area contributed by atoms with Gasteiger partial charge in [0.15, 0.2) is 5.78 Å². The minimum Gasteiger partial charge on any atom is -0.294 e. The van der Waals surface area contributed by atoms with Crippen LogP contribution in [-0.4, -0.2) is 31.6 Å². The molecule has 1 fully saturated rings. The lowest BCUT2D eigenvalue weighted by Gasteiger charge is -2.21. The maximum atomic E-state index is 13.0. The first-order valence-corrected chi connectivity index (χ1v) is 10.2. The third-order valence-electron chi connectivity index (χ3n) is 4.67. The Kier molecular flexibility index (Phi) is 5.39. The zero-order chi connectivity index (χ0) is 18.7. The smallest absolute Gasteiger partial charge is 0.243 e. The van der Waals surface area contributed by atoms with Gasteiger partial charge in [-0.1, -0.05) is 55.0 Å². The molecule has 1 saturated heterocycles. The predicted molar refractivity (Wildman–Crippen MR) is 103 cm³/mol. The Morgan fingerprint density at radius 3 is 2.35 bits per heavy atom. The highest BCUT2D eigenvalue weighted by Crippen LogP contribution is 2.25. The molecule has 136 valence electrons. The number of rotatable bonds is 3. The van der Waals surface area contributed by atoms with Crippen LogP contribution in [0.25, 0.3) is 6.08 Å². The molecule has 0 saturated carbocycles. The summed E-state index contributed by atoms with van der Waals surface area (Å²) < 4.78 is 27.4. The van der Waals surface area contributed by atoms with Gasteiger partial charge in [0.05, 0.1) is 4.90 Å². The summed E-state index contributed by atoms with van der Waals surface area (Å²) >= 11 is 0. The number of ketones is 1. The fraction of sp³-hybridized carbons (Fsp3) is 0.286. The van der Waals surface area contributed by atoms with Gasteiger partial charge in [0.25, 0.3) is 0 Å². The average molecular weight is 369 g/mol. The standard InChI is InChI=1S/C21H23NO3S/c1-16-8-10-20(11-9-16)26(24,25)22-13-12-19(21(23)17(2)15-22)14-18-6-4-3-5-7-18/h3-11,14,17H,12-13,15H2,1-2H3/b19-14+/t17-/m1/s1. The van der Waals surface area contributed by atoms with E-state index < -0.39 is 10.0 Å². The van der Waals surface area contributed by atoms with Crippen molar-refractivity contribution in [3.63, 3.8) is 0 Å². The number of aryl methyl sites for hydroxylation is 1. The zero-order valence-electron chi connectivity index (χ0n) is 15.1. The molecule has 0 radical (unpaired) electrons. The number of Topliss-reactive ketones (excluding diaryl/α,β-unsaturated/α-hetero) is 1. The van der Waals surface area contributed by atoms with E-state index in [0.29, 0.717) is 18.5 Å². The van der Waals surface area contributed by atoms with Crippen LogP contribution in [0.5, 0.6) is 0 Å². The van der Waals surface area contributed by atoms with Gasteiger partial charge in [0.1, 0.15) is 0 Å². The summed E-state index contributed by atoms with van der Waals surface area (Å²) in [6.45, 7) is 4.24. The van der Waals surface area contributed by atoms with E-state index in [4.69, 9.17) is 0 Å². The first kappa shape index (κ1) is 18.5. The van der Waals surface area contributed by atoms with Crippen LogP contribution in [-0.2, 0) is 14.8 Å².